The summed E-state index contributed by atoms with van der Waals surface area (Å²) in [6.07, 6.45) is 8.00. The number of rotatable bonds is 4. The van der Waals surface area contributed by atoms with Crippen molar-refractivity contribution in [3.63, 3.8) is 0 Å². The summed E-state index contributed by atoms with van der Waals surface area (Å²) in [7, 11) is 0. The van der Waals surface area contributed by atoms with E-state index in [-0.39, 0.29) is 17.7 Å². The van der Waals surface area contributed by atoms with Crippen LogP contribution in [0.25, 0.3) is 0 Å². The van der Waals surface area contributed by atoms with Gasteiger partial charge in [-0.05, 0) is 30.9 Å². The van der Waals surface area contributed by atoms with E-state index in [0.29, 0.717) is 25.9 Å². The normalized spacial score (nSPS) is 21.8. The first-order valence-corrected chi connectivity index (χ1v) is 8.96. The number of piperidine rings is 1. The Kier molecular flexibility index (Phi) is 5.67. The van der Waals surface area contributed by atoms with Crippen LogP contribution < -0.4 is 15.5 Å². The highest BCUT2D eigenvalue weighted by molar-refractivity contribution is 5.83. The van der Waals surface area contributed by atoms with Crippen molar-refractivity contribution in [3.8, 4) is 0 Å². The maximum atomic E-state index is 12.1. The molecule has 0 unspecified atom stereocenters. The topological polar surface area (TPSA) is 74.3 Å². The van der Waals surface area contributed by atoms with Gasteiger partial charge in [0.2, 0.25) is 11.8 Å². The summed E-state index contributed by atoms with van der Waals surface area (Å²) in [6.45, 7) is 3.08. The lowest BCUT2D eigenvalue weighted by Gasteiger charge is -2.22. The maximum absolute atomic E-state index is 12.1. The largest absolute Gasteiger partial charge is 0.357 e. The van der Waals surface area contributed by atoms with Crippen molar-refractivity contribution in [2.24, 2.45) is 5.92 Å². The Bertz CT molecular complexity index is 555. The molecule has 1 aromatic rings. The summed E-state index contributed by atoms with van der Waals surface area (Å²) in [4.78, 5) is 30.2. The molecule has 1 atom stereocenters. The average molecular weight is 330 g/mol. The number of nitrogens with one attached hydrogen (secondary N) is 2. The molecular weight excluding hydrogens is 304 g/mol. The molecule has 0 spiro atoms. The van der Waals surface area contributed by atoms with E-state index in [9.17, 15) is 9.59 Å². The van der Waals surface area contributed by atoms with Crippen LogP contribution in [0.1, 0.15) is 44.1 Å². The molecule has 2 aliphatic rings. The van der Waals surface area contributed by atoms with Crippen molar-refractivity contribution in [3.05, 3.63) is 23.9 Å². The molecule has 6 heteroatoms. The van der Waals surface area contributed by atoms with Gasteiger partial charge in [-0.15, -0.1) is 0 Å². The van der Waals surface area contributed by atoms with E-state index in [4.69, 9.17) is 0 Å². The SMILES string of the molecule is O=C1CC[C@@H](C(=O)NCc2ccc(N3CCCCCC3)nc2)CN1. The van der Waals surface area contributed by atoms with E-state index < -0.39 is 0 Å². The molecule has 0 aromatic carbocycles. The van der Waals surface area contributed by atoms with E-state index in [1.165, 1.54) is 25.7 Å². The van der Waals surface area contributed by atoms with Gasteiger partial charge in [-0.1, -0.05) is 18.9 Å². The van der Waals surface area contributed by atoms with Gasteiger partial charge in [-0.2, -0.15) is 0 Å². The van der Waals surface area contributed by atoms with Gasteiger partial charge in [0.15, 0.2) is 0 Å². The van der Waals surface area contributed by atoms with Crippen molar-refractivity contribution in [1.82, 2.24) is 15.6 Å². The molecule has 6 nitrogen and oxygen atoms in total. The molecule has 24 heavy (non-hydrogen) atoms. The van der Waals surface area contributed by atoms with Gasteiger partial charge in [0, 0.05) is 38.8 Å². The van der Waals surface area contributed by atoms with Gasteiger partial charge in [0.05, 0.1) is 5.92 Å². The van der Waals surface area contributed by atoms with E-state index in [0.717, 1.165) is 24.5 Å². The number of hydrogen-bond acceptors (Lipinski definition) is 4. The molecular formula is C18H26N4O2. The van der Waals surface area contributed by atoms with Crippen LogP contribution in [0.15, 0.2) is 18.3 Å². The van der Waals surface area contributed by atoms with Crippen molar-refractivity contribution in [1.29, 1.82) is 0 Å². The van der Waals surface area contributed by atoms with Crippen LogP contribution in [0.3, 0.4) is 0 Å². The van der Waals surface area contributed by atoms with Crippen LogP contribution in [0, 0.1) is 5.92 Å². The summed E-state index contributed by atoms with van der Waals surface area (Å²) in [5.41, 5.74) is 1.00. The second kappa shape index (κ2) is 8.13. The van der Waals surface area contributed by atoms with Gasteiger partial charge in [0.25, 0.3) is 0 Å². The molecule has 2 N–H and O–H groups in total. The minimum absolute atomic E-state index is 0.00611. The predicted molar refractivity (Wildman–Crippen MR) is 92.5 cm³/mol. The lowest BCUT2D eigenvalue weighted by molar-refractivity contribution is -0.129. The number of carbonyl (C=O) groups is 2. The lowest BCUT2D eigenvalue weighted by atomic mass is 9.98. The second-order valence-electron chi connectivity index (χ2n) is 6.68. The van der Waals surface area contributed by atoms with E-state index >= 15 is 0 Å². The number of pyridine rings is 1. The summed E-state index contributed by atoms with van der Waals surface area (Å²) in [6, 6.07) is 4.09. The maximum Gasteiger partial charge on any atom is 0.225 e. The van der Waals surface area contributed by atoms with Crippen LogP contribution in [-0.4, -0.2) is 36.4 Å². The minimum atomic E-state index is -0.118. The average Bonchev–Trinajstić information content (AvgIpc) is 2.90. The zero-order valence-electron chi connectivity index (χ0n) is 14.1. The molecule has 0 aliphatic carbocycles. The molecule has 0 radical (unpaired) electrons. The molecule has 3 rings (SSSR count). The molecule has 0 bridgehead atoms. The number of aromatic nitrogens is 1. The molecule has 3 heterocycles. The van der Waals surface area contributed by atoms with Crippen LogP contribution in [0.4, 0.5) is 5.82 Å². The Hall–Kier alpha value is -2.11. The molecule has 1 aromatic heterocycles. The summed E-state index contributed by atoms with van der Waals surface area (Å²) >= 11 is 0. The quantitative estimate of drug-likeness (QED) is 0.879. The zero-order valence-corrected chi connectivity index (χ0v) is 14.1. The first-order valence-electron chi connectivity index (χ1n) is 8.96. The van der Waals surface area contributed by atoms with Gasteiger partial charge >= 0.3 is 0 Å². The fourth-order valence-electron chi connectivity index (χ4n) is 3.30. The molecule has 2 amide bonds. The van der Waals surface area contributed by atoms with Crippen molar-refractivity contribution >= 4 is 17.6 Å². The van der Waals surface area contributed by atoms with Crippen molar-refractivity contribution < 1.29 is 9.59 Å². The Labute approximate surface area is 143 Å². The number of hydrogen-bond donors (Lipinski definition) is 2. The molecule has 2 fully saturated rings. The smallest absolute Gasteiger partial charge is 0.225 e. The predicted octanol–water partition coefficient (Wildman–Crippen LogP) is 1.60. The molecule has 0 saturated carbocycles. The Morgan fingerprint density at radius 1 is 1.25 bits per heavy atom. The second-order valence-corrected chi connectivity index (χ2v) is 6.68. The molecule has 2 aliphatic heterocycles. The van der Waals surface area contributed by atoms with Crippen LogP contribution >= 0.6 is 0 Å². The summed E-state index contributed by atoms with van der Waals surface area (Å²) < 4.78 is 0. The third kappa shape index (κ3) is 4.46. The number of anilines is 1. The van der Waals surface area contributed by atoms with E-state index in [2.05, 4.69) is 20.5 Å². The number of nitrogens with zero attached hydrogens (tertiary/aromatic N) is 2. The van der Waals surface area contributed by atoms with Gasteiger partial charge in [-0.3, -0.25) is 9.59 Å². The highest BCUT2D eigenvalue weighted by Gasteiger charge is 2.24. The third-order valence-corrected chi connectivity index (χ3v) is 4.84. The third-order valence-electron chi connectivity index (χ3n) is 4.84. The van der Waals surface area contributed by atoms with Crippen molar-refractivity contribution in [2.45, 2.75) is 45.1 Å². The fraction of sp³-hybridized carbons (Fsp3) is 0.611. The monoisotopic (exact) mass is 330 g/mol. The fourth-order valence-corrected chi connectivity index (χ4v) is 3.30. The van der Waals surface area contributed by atoms with E-state index in [1.807, 2.05) is 18.3 Å². The summed E-state index contributed by atoms with van der Waals surface area (Å²) in [5.74, 6) is 0.952. The van der Waals surface area contributed by atoms with Crippen molar-refractivity contribution in [2.75, 3.05) is 24.5 Å². The Morgan fingerprint density at radius 3 is 2.67 bits per heavy atom. The first-order chi connectivity index (χ1) is 11.7. The highest BCUT2D eigenvalue weighted by Crippen LogP contribution is 2.17. The number of carbonyl (C=O) groups excluding carboxylic acids is 2. The van der Waals surface area contributed by atoms with Gasteiger partial charge in [-0.25, -0.2) is 4.98 Å². The molecule has 130 valence electrons. The Balaban J connectivity index is 1.49. The lowest BCUT2D eigenvalue weighted by Crippen LogP contribution is -2.42. The van der Waals surface area contributed by atoms with Gasteiger partial charge < -0.3 is 15.5 Å². The zero-order chi connectivity index (χ0) is 16.8. The minimum Gasteiger partial charge on any atom is -0.357 e. The van der Waals surface area contributed by atoms with E-state index in [1.54, 1.807) is 0 Å². The van der Waals surface area contributed by atoms with Crippen LogP contribution in [0.2, 0.25) is 0 Å². The first kappa shape index (κ1) is 16.7. The summed E-state index contributed by atoms with van der Waals surface area (Å²) in [5, 5.41) is 5.69. The Morgan fingerprint density at radius 2 is 2.04 bits per heavy atom. The highest BCUT2D eigenvalue weighted by atomic mass is 16.2. The standard InChI is InChI=1S/C18H26N4O2/c23-17-8-6-15(13-20-17)18(24)21-12-14-5-7-16(19-11-14)22-9-3-1-2-4-10-22/h5,7,11,15H,1-4,6,8-10,12-13H2,(H,20,23)(H,21,24)/t15-/m1/s1. The molecule has 2 saturated heterocycles. The van der Waals surface area contributed by atoms with Gasteiger partial charge in [0.1, 0.15) is 5.82 Å². The van der Waals surface area contributed by atoms with Crippen LogP contribution in [-0.2, 0) is 16.1 Å². The number of amides is 2. The van der Waals surface area contributed by atoms with Crippen LogP contribution in [0.5, 0.6) is 0 Å².